The molecule has 0 aliphatic heterocycles. The summed E-state index contributed by atoms with van der Waals surface area (Å²) < 4.78 is 26.5. The molecular formula is C33H50ClN3O4SSi. The first kappa shape index (κ1) is 34.1. The molecule has 4 rings (SSSR count). The van der Waals surface area contributed by atoms with Crippen LogP contribution in [0.5, 0.6) is 6.01 Å². The van der Waals surface area contributed by atoms with Crippen LogP contribution in [0.2, 0.25) is 30.7 Å². The molecule has 0 bridgehead atoms. The van der Waals surface area contributed by atoms with E-state index in [2.05, 4.69) is 57.8 Å². The zero-order valence-corrected chi connectivity index (χ0v) is 29.3. The summed E-state index contributed by atoms with van der Waals surface area (Å²) in [7, 11) is -1.98. The third-order valence-electron chi connectivity index (χ3n) is 8.67. The molecule has 2 aromatic heterocycles. The van der Waals surface area contributed by atoms with Crippen LogP contribution in [-0.2, 0) is 22.3 Å². The fourth-order valence-corrected chi connectivity index (χ4v) is 7.77. The number of nitrogens with zero attached hydrogens (tertiary/aromatic N) is 3. The van der Waals surface area contributed by atoms with Crippen molar-refractivity contribution in [2.45, 2.75) is 108 Å². The van der Waals surface area contributed by atoms with Crippen molar-refractivity contribution in [3.8, 4) is 17.3 Å². The average Bonchev–Trinajstić information content (AvgIpc) is 3.29. The fourth-order valence-electron chi connectivity index (χ4n) is 5.82. The number of rotatable bonds is 15. The van der Waals surface area contributed by atoms with E-state index in [1.807, 2.05) is 16.9 Å². The molecule has 10 heteroatoms. The number of fused-ring (bicyclic) bond motifs is 1. The highest BCUT2D eigenvalue weighted by atomic mass is 35.5. The largest absolute Gasteiger partial charge is 0.461 e. The first-order chi connectivity index (χ1) is 20.5. The van der Waals surface area contributed by atoms with Crippen LogP contribution < -0.4 is 4.74 Å². The summed E-state index contributed by atoms with van der Waals surface area (Å²) in [5.41, 5.74) is 4.36. The van der Waals surface area contributed by atoms with E-state index in [1.165, 1.54) is 5.56 Å². The number of benzene rings is 1. The third kappa shape index (κ3) is 9.36. The molecule has 3 atom stereocenters. The van der Waals surface area contributed by atoms with Gasteiger partial charge in [0.1, 0.15) is 18.4 Å². The van der Waals surface area contributed by atoms with Gasteiger partial charge in [0.05, 0.1) is 10.7 Å². The monoisotopic (exact) mass is 647 g/mol. The minimum Gasteiger partial charge on any atom is -0.461 e. The van der Waals surface area contributed by atoms with Gasteiger partial charge >= 0.3 is 6.01 Å². The lowest BCUT2D eigenvalue weighted by molar-refractivity contribution is 0.0709. The smallest absolute Gasteiger partial charge is 0.300 e. The lowest BCUT2D eigenvalue weighted by atomic mass is 9.83. The van der Waals surface area contributed by atoms with Gasteiger partial charge in [0.2, 0.25) is 0 Å². The number of hydrogen-bond donors (Lipinski definition) is 1. The first-order valence-corrected chi connectivity index (χ1v) is 21.5. The van der Waals surface area contributed by atoms with Crippen molar-refractivity contribution in [2.75, 3.05) is 19.5 Å². The SMILES string of the molecule is CCC(CC(C)CCO)Oc1nc2cc(Cl)c(-c3ccc(C4CCC(S(C)=O)CC4)cc3)nc2n1COCC[Si](C)(C)C. The Bertz CT molecular complexity index is 1350. The van der Waals surface area contributed by atoms with E-state index in [0.29, 0.717) is 58.3 Å². The van der Waals surface area contributed by atoms with E-state index in [4.69, 9.17) is 31.0 Å². The van der Waals surface area contributed by atoms with Gasteiger partial charge in [-0.05, 0) is 74.5 Å². The summed E-state index contributed by atoms with van der Waals surface area (Å²) in [6.07, 6.45) is 8.40. The quantitative estimate of drug-likeness (QED) is 0.133. The Kier molecular flexibility index (Phi) is 12.3. The van der Waals surface area contributed by atoms with Crippen LogP contribution in [0, 0.1) is 5.92 Å². The number of aromatic nitrogens is 3. The molecular weight excluding hydrogens is 598 g/mol. The van der Waals surface area contributed by atoms with E-state index in [1.54, 1.807) is 0 Å². The van der Waals surface area contributed by atoms with Crippen molar-refractivity contribution in [1.29, 1.82) is 0 Å². The van der Waals surface area contributed by atoms with E-state index >= 15 is 0 Å². The number of hydrogen-bond acceptors (Lipinski definition) is 6. The van der Waals surface area contributed by atoms with E-state index in [0.717, 1.165) is 56.6 Å². The number of pyridine rings is 1. The molecule has 3 unspecified atom stereocenters. The van der Waals surface area contributed by atoms with Gasteiger partial charge in [-0.25, -0.2) is 4.98 Å². The van der Waals surface area contributed by atoms with Crippen LogP contribution in [0.4, 0.5) is 0 Å². The van der Waals surface area contributed by atoms with Gasteiger partial charge in [-0.1, -0.05) is 69.4 Å². The summed E-state index contributed by atoms with van der Waals surface area (Å²) in [6.45, 7) is 12.4. The van der Waals surface area contributed by atoms with E-state index in [-0.39, 0.29) is 12.7 Å². The van der Waals surface area contributed by atoms with Crippen molar-refractivity contribution in [1.82, 2.24) is 14.5 Å². The molecule has 43 heavy (non-hydrogen) atoms. The number of aliphatic hydroxyl groups is 1. The molecule has 2 heterocycles. The molecule has 238 valence electrons. The summed E-state index contributed by atoms with van der Waals surface area (Å²) in [4.78, 5) is 9.86. The summed E-state index contributed by atoms with van der Waals surface area (Å²) in [5.74, 6) is 0.842. The van der Waals surface area contributed by atoms with Crippen molar-refractivity contribution < 1.29 is 18.8 Å². The normalized spacial score (nSPS) is 19.8. The van der Waals surface area contributed by atoms with Crippen molar-refractivity contribution in [2.24, 2.45) is 5.92 Å². The molecule has 0 amide bonds. The van der Waals surface area contributed by atoms with Gasteiger partial charge in [0, 0.05) is 49.2 Å². The molecule has 1 aliphatic rings. The minimum absolute atomic E-state index is 0.0334. The highest BCUT2D eigenvalue weighted by Gasteiger charge is 2.25. The molecule has 1 saturated carbocycles. The van der Waals surface area contributed by atoms with Gasteiger partial charge in [-0.3, -0.25) is 8.78 Å². The van der Waals surface area contributed by atoms with Crippen LogP contribution in [0.25, 0.3) is 22.4 Å². The molecule has 1 aliphatic carbocycles. The maximum atomic E-state index is 11.9. The first-order valence-electron chi connectivity index (χ1n) is 15.8. The molecule has 3 aromatic rings. The Hall–Kier alpha value is -1.78. The van der Waals surface area contributed by atoms with Crippen molar-refractivity contribution >= 4 is 41.6 Å². The highest BCUT2D eigenvalue weighted by molar-refractivity contribution is 7.84. The lowest BCUT2D eigenvalue weighted by Crippen LogP contribution is -2.23. The van der Waals surface area contributed by atoms with Gasteiger partial charge in [0.15, 0.2) is 5.65 Å². The number of ether oxygens (including phenoxy) is 2. The van der Waals surface area contributed by atoms with Crippen LogP contribution in [0.3, 0.4) is 0 Å². The van der Waals surface area contributed by atoms with Crippen molar-refractivity contribution in [3.63, 3.8) is 0 Å². The fraction of sp³-hybridized carbons (Fsp3) is 0.636. The molecule has 0 saturated heterocycles. The molecule has 7 nitrogen and oxygen atoms in total. The Labute approximate surface area is 266 Å². The average molecular weight is 648 g/mol. The number of halogens is 1. The summed E-state index contributed by atoms with van der Waals surface area (Å²) >= 11 is 6.82. The summed E-state index contributed by atoms with van der Waals surface area (Å²) in [6, 6.07) is 12.0. The Morgan fingerprint density at radius 3 is 2.44 bits per heavy atom. The molecule has 1 fully saturated rings. The molecule has 0 spiro atoms. The van der Waals surface area contributed by atoms with Gasteiger partial charge < -0.3 is 14.6 Å². The van der Waals surface area contributed by atoms with Crippen LogP contribution in [0.1, 0.15) is 70.3 Å². The Balaban J connectivity index is 1.60. The van der Waals surface area contributed by atoms with Gasteiger partial charge in [0.25, 0.3) is 0 Å². The highest BCUT2D eigenvalue weighted by Crippen LogP contribution is 2.37. The maximum absolute atomic E-state index is 11.9. The predicted octanol–water partition coefficient (Wildman–Crippen LogP) is 8.03. The van der Waals surface area contributed by atoms with Crippen LogP contribution in [-0.4, -0.2) is 62.7 Å². The zero-order valence-electron chi connectivity index (χ0n) is 26.8. The second kappa shape index (κ2) is 15.5. The zero-order chi connectivity index (χ0) is 31.1. The molecule has 1 N–H and O–H groups in total. The Morgan fingerprint density at radius 2 is 1.84 bits per heavy atom. The van der Waals surface area contributed by atoms with Crippen molar-refractivity contribution in [3.05, 3.63) is 40.9 Å². The number of aliphatic hydroxyl groups excluding tert-OH is 1. The van der Waals surface area contributed by atoms with Gasteiger partial charge in [-0.15, -0.1) is 0 Å². The topological polar surface area (TPSA) is 86.5 Å². The maximum Gasteiger partial charge on any atom is 0.300 e. The van der Waals surface area contributed by atoms with Crippen LogP contribution in [0.15, 0.2) is 30.3 Å². The second-order valence-corrected chi connectivity index (χ2v) is 21.1. The lowest BCUT2D eigenvalue weighted by Gasteiger charge is -2.27. The van der Waals surface area contributed by atoms with Gasteiger partial charge in [-0.2, -0.15) is 4.98 Å². The standard InChI is InChI=1S/C33H50ClN3O4SSi/c1-7-27(20-23(2)16-17-38)41-33-35-30-21-29(34)31(36-32(30)37(33)22-40-18-19-43(4,5)6)26-10-8-24(9-11-26)25-12-14-28(15-13-25)42(3)39/h8-11,21,23,25,27-28,38H,7,12-20,22H2,1-6H3. The minimum atomic E-state index is -1.24. The predicted molar refractivity (Wildman–Crippen MR) is 181 cm³/mol. The molecule has 0 radical (unpaired) electrons. The van der Waals surface area contributed by atoms with E-state index < -0.39 is 18.9 Å². The van der Waals surface area contributed by atoms with Crippen LogP contribution >= 0.6 is 11.6 Å². The third-order valence-corrected chi connectivity index (χ3v) is 12.1. The molecule has 1 aromatic carbocycles. The second-order valence-electron chi connectivity index (χ2n) is 13.4. The Morgan fingerprint density at radius 1 is 1.14 bits per heavy atom. The van der Waals surface area contributed by atoms with E-state index in [9.17, 15) is 9.32 Å². The number of imidazole rings is 1. The summed E-state index contributed by atoms with van der Waals surface area (Å²) in [5, 5.41) is 10.3.